The number of nitrogens with one attached hydrogen (secondary N) is 1. The van der Waals surface area contributed by atoms with E-state index in [0.717, 1.165) is 21.5 Å². The summed E-state index contributed by atoms with van der Waals surface area (Å²) in [5.41, 5.74) is 3.70. The summed E-state index contributed by atoms with van der Waals surface area (Å²) >= 11 is 2.11. The molecule has 1 N–H and O–H groups in total. The van der Waals surface area contributed by atoms with Gasteiger partial charge in [-0.3, -0.25) is 9.59 Å². The molecule has 118 valence electrons. The molecule has 2 rings (SSSR count). The summed E-state index contributed by atoms with van der Waals surface area (Å²) in [4.78, 5) is 23.8. The van der Waals surface area contributed by atoms with Gasteiger partial charge in [0.1, 0.15) is 11.5 Å². The average Bonchev–Trinajstić information content (AvgIpc) is 2.42. The molecule has 0 saturated heterocycles. The molecule has 0 atom stereocenters. The van der Waals surface area contributed by atoms with Crippen LogP contribution in [0.15, 0.2) is 23.3 Å². The quantitative estimate of drug-likeness (QED) is 0.611. The zero-order valence-corrected chi connectivity index (χ0v) is 15.1. The lowest BCUT2D eigenvalue weighted by Crippen LogP contribution is -2.31. The minimum atomic E-state index is -0.288. The molecular formula is C16H19IN2O3. The van der Waals surface area contributed by atoms with Crippen molar-refractivity contribution in [2.75, 3.05) is 7.11 Å². The predicted octanol–water partition coefficient (Wildman–Crippen LogP) is 3.16. The van der Waals surface area contributed by atoms with Gasteiger partial charge in [0.2, 0.25) is 0 Å². The Labute approximate surface area is 143 Å². The molecule has 1 aliphatic rings. The fraction of sp³-hybridized carbons (Fsp3) is 0.438. The first-order valence-corrected chi connectivity index (χ1v) is 8.09. The van der Waals surface area contributed by atoms with Crippen molar-refractivity contribution in [1.82, 2.24) is 5.43 Å². The smallest absolute Gasteiger partial charge is 0.271 e. The van der Waals surface area contributed by atoms with Crippen molar-refractivity contribution >= 4 is 40.0 Å². The second-order valence-electron chi connectivity index (χ2n) is 6.20. The summed E-state index contributed by atoms with van der Waals surface area (Å²) in [5.74, 6) is 0.607. The first-order chi connectivity index (χ1) is 10.3. The van der Waals surface area contributed by atoms with Gasteiger partial charge in [0.05, 0.1) is 10.7 Å². The minimum absolute atomic E-state index is 0.0889. The number of hydrogen-bond acceptors (Lipinski definition) is 4. The van der Waals surface area contributed by atoms with E-state index in [9.17, 15) is 9.59 Å². The number of nitrogens with zero attached hydrogens (tertiary/aromatic N) is 1. The highest BCUT2D eigenvalue weighted by Gasteiger charge is 2.30. The number of methoxy groups -OCH3 is 1. The number of carbonyl (C=O) groups excluding carboxylic acids is 2. The van der Waals surface area contributed by atoms with Crippen molar-refractivity contribution in [2.24, 2.45) is 10.5 Å². The average molecular weight is 414 g/mol. The molecule has 1 amide bonds. The van der Waals surface area contributed by atoms with Crippen molar-refractivity contribution in [3.63, 3.8) is 0 Å². The van der Waals surface area contributed by atoms with Gasteiger partial charge >= 0.3 is 0 Å². The Bertz CT molecular complexity index is 638. The highest BCUT2D eigenvalue weighted by atomic mass is 127. The lowest BCUT2D eigenvalue weighted by atomic mass is 9.76. The van der Waals surface area contributed by atoms with Crippen LogP contribution in [0.1, 0.15) is 43.5 Å². The fourth-order valence-electron chi connectivity index (χ4n) is 2.58. The number of ketones is 1. The summed E-state index contributed by atoms with van der Waals surface area (Å²) in [6.07, 6.45) is 1.61. The molecule has 0 spiro atoms. The van der Waals surface area contributed by atoms with Gasteiger partial charge in [-0.15, -0.1) is 0 Å². The molecule has 22 heavy (non-hydrogen) atoms. The van der Waals surface area contributed by atoms with Crippen LogP contribution in [0, 0.1) is 8.99 Å². The molecule has 0 aliphatic heterocycles. The molecule has 0 bridgehead atoms. The van der Waals surface area contributed by atoms with Crippen LogP contribution in [0.2, 0.25) is 0 Å². The number of halogens is 1. The van der Waals surface area contributed by atoms with Crippen LogP contribution >= 0.6 is 22.6 Å². The van der Waals surface area contributed by atoms with E-state index in [2.05, 4.69) is 33.1 Å². The van der Waals surface area contributed by atoms with Crippen LogP contribution in [0.5, 0.6) is 5.75 Å². The van der Waals surface area contributed by atoms with E-state index in [0.29, 0.717) is 18.4 Å². The lowest BCUT2D eigenvalue weighted by Gasteiger charge is -2.29. The number of carbonyl (C=O) groups is 2. The maximum absolute atomic E-state index is 12.1. The molecular weight excluding hydrogens is 395 g/mol. The predicted molar refractivity (Wildman–Crippen MR) is 93.3 cm³/mol. The van der Waals surface area contributed by atoms with Gasteiger partial charge in [0.15, 0.2) is 0 Å². The van der Waals surface area contributed by atoms with E-state index in [1.807, 2.05) is 13.8 Å². The number of Topliss-reactive ketones (excluding diaryl/α,β-unsaturated/α-hetero) is 1. The molecule has 0 unspecified atom stereocenters. The number of hydrogen-bond donors (Lipinski definition) is 1. The first kappa shape index (κ1) is 16.9. The standard InChI is InChI=1S/C16H19IN2O3/c1-16(2)8-11(7-12(20)9-16)18-19-15(21)10-4-5-14(22-3)13(17)6-10/h4-6H,7-9H2,1-3H3,(H,19,21). The number of amides is 1. The van der Waals surface area contributed by atoms with E-state index in [1.54, 1.807) is 25.3 Å². The van der Waals surface area contributed by atoms with Crippen LogP contribution in [-0.4, -0.2) is 24.5 Å². The molecule has 6 heteroatoms. The third kappa shape index (κ3) is 4.28. The number of hydrazone groups is 1. The van der Waals surface area contributed by atoms with Gasteiger partial charge in [0.25, 0.3) is 5.91 Å². The molecule has 5 nitrogen and oxygen atoms in total. The van der Waals surface area contributed by atoms with Crippen LogP contribution in [0.25, 0.3) is 0 Å². The Balaban J connectivity index is 2.07. The topological polar surface area (TPSA) is 67.8 Å². The molecule has 1 aromatic rings. The number of rotatable bonds is 3. The lowest BCUT2D eigenvalue weighted by molar-refractivity contribution is -0.120. The zero-order valence-electron chi connectivity index (χ0n) is 12.9. The summed E-state index contributed by atoms with van der Waals surface area (Å²) in [5, 5.41) is 4.14. The van der Waals surface area contributed by atoms with E-state index in [4.69, 9.17) is 4.74 Å². The zero-order chi connectivity index (χ0) is 16.3. The third-order valence-electron chi connectivity index (χ3n) is 3.49. The Morgan fingerprint density at radius 3 is 2.68 bits per heavy atom. The Hall–Kier alpha value is -1.44. The largest absolute Gasteiger partial charge is 0.496 e. The second kappa shape index (κ2) is 6.76. The molecule has 1 aromatic carbocycles. The van der Waals surface area contributed by atoms with Crippen molar-refractivity contribution < 1.29 is 14.3 Å². The van der Waals surface area contributed by atoms with Crippen LogP contribution in [0.4, 0.5) is 0 Å². The van der Waals surface area contributed by atoms with Crippen LogP contribution < -0.4 is 10.2 Å². The second-order valence-corrected chi connectivity index (χ2v) is 7.36. The summed E-state index contributed by atoms with van der Waals surface area (Å²) in [6, 6.07) is 5.18. The fourth-order valence-corrected chi connectivity index (χ4v) is 3.32. The van der Waals surface area contributed by atoms with E-state index in [-0.39, 0.29) is 17.1 Å². The Morgan fingerprint density at radius 1 is 1.36 bits per heavy atom. The van der Waals surface area contributed by atoms with E-state index in [1.165, 1.54) is 0 Å². The van der Waals surface area contributed by atoms with Gasteiger partial charge in [-0.1, -0.05) is 13.8 Å². The normalized spacial score (nSPS) is 19.1. The first-order valence-electron chi connectivity index (χ1n) is 7.02. The summed E-state index contributed by atoms with van der Waals surface area (Å²) in [7, 11) is 1.59. The monoisotopic (exact) mass is 414 g/mol. The highest BCUT2D eigenvalue weighted by Crippen LogP contribution is 2.31. The number of ether oxygens (including phenoxy) is 1. The van der Waals surface area contributed by atoms with Crippen LogP contribution in [-0.2, 0) is 4.79 Å². The molecule has 1 saturated carbocycles. The Kier molecular flexibility index (Phi) is 5.20. The molecule has 0 heterocycles. The molecule has 0 aromatic heterocycles. The van der Waals surface area contributed by atoms with Gasteiger partial charge in [-0.25, -0.2) is 5.43 Å². The van der Waals surface area contributed by atoms with Gasteiger partial charge in [0, 0.05) is 24.1 Å². The molecule has 0 radical (unpaired) electrons. The summed E-state index contributed by atoms with van der Waals surface area (Å²) < 4.78 is 6.02. The van der Waals surface area contributed by atoms with Crippen LogP contribution in [0.3, 0.4) is 0 Å². The van der Waals surface area contributed by atoms with Gasteiger partial charge < -0.3 is 4.74 Å². The molecule has 1 aliphatic carbocycles. The maximum atomic E-state index is 12.1. The van der Waals surface area contributed by atoms with E-state index < -0.39 is 0 Å². The van der Waals surface area contributed by atoms with Crippen molar-refractivity contribution in [2.45, 2.75) is 33.1 Å². The molecule has 1 fully saturated rings. The van der Waals surface area contributed by atoms with Crippen molar-refractivity contribution in [3.8, 4) is 5.75 Å². The minimum Gasteiger partial charge on any atom is -0.496 e. The highest BCUT2D eigenvalue weighted by molar-refractivity contribution is 14.1. The third-order valence-corrected chi connectivity index (χ3v) is 4.33. The van der Waals surface area contributed by atoms with E-state index >= 15 is 0 Å². The van der Waals surface area contributed by atoms with Crippen molar-refractivity contribution in [1.29, 1.82) is 0 Å². The number of benzene rings is 1. The van der Waals surface area contributed by atoms with Crippen molar-refractivity contribution in [3.05, 3.63) is 27.3 Å². The maximum Gasteiger partial charge on any atom is 0.271 e. The Morgan fingerprint density at radius 2 is 2.09 bits per heavy atom. The SMILES string of the molecule is COc1ccc(C(=O)NN=C2CC(=O)CC(C)(C)C2)cc1I. The van der Waals surface area contributed by atoms with Gasteiger partial charge in [-0.2, -0.15) is 5.10 Å². The van der Waals surface area contributed by atoms with Gasteiger partial charge in [-0.05, 0) is 52.6 Å². The summed E-state index contributed by atoms with van der Waals surface area (Å²) in [6.45, 7) is 4.07.